The van der Waals surface area contributed by atoms with Crippen LogP contribution < -0.4 is 11.2 Å². The molecule has 27 heavy (non-hydrogen) atoms. The average Bonchev–Trinajstić information content (AvgIpc) is 3.06. The van der Waals surface area contributed by atoms with Crippen LogP contribution in [0.2, 0.25) is 0 Å². The van der Waals surface area contributed by atoms with E-state index in [-0.39, 0.29) is 11.2 Å². The molecule has 0 aliphatic rings. The monoisotopic (exact) mass is 360 g/mol. The van der Waals surface area contributed by atoms with Crippen molar-refractivity contribution in [2.24, 2.45) is 14.1 Å². The molecule has 0 N–H and O–H groups in total. The molecule has 136 valence electrons. The first kappa shape index (κ1) is 17.0. The molecule has 0 spiro atoms. The van der Waals surface area contributed by atoms with Crippen LogP contribution in [-0.2, 0) is 20.6 Å². The summed E-state index contributed by atoms with van der Waals surface area (Å²) < 4.78 is 4.45. The summed E-state index contributed by atoms with van der Waals surface area (Å²) in [5.41, 5.74) is 3.24. The van der Waals surface area contributed by atoms with Crippen molar-refractivity contribution in [2.75, 3.05) is 0 Å². The predicted octanol–water partition coefficient (Wildman–Crippen LogP) is 2.46. The molecular weight excluding hydrogens is 340 g/mol. The maximum absolute atomic E-state index is 12.9. The second kappa shape index (κ2) is 6.39. The van der Waals surface area contributed by atoms with E-state index in [9.17, 15) is 9.59 Å². The Hall–Kier alpha value is -3.41. The van der Waals surface area contributed by atoms with E-state index in [2.05, 4.69) is 4.98 Å². The minimum absolute atomic E-state index is 0.338. The SMILES string of the molecule is Cc1ccc(Cn2c(-c3ccccc3)nc3c2c(=O)n(C)c(=O)n3C)cc1. The van der Waals surface area contributed by atoms with E-state index in [1.807, 2.05) is 66.1 Å². The molecular formula is C21H20N4O2. The van der Waals surface area contributed by atoms with Gasteiger partial charge in [-0.15, -0.1) is 0 Å². The highest BCUT2D eigenvalue weighted by Gasteiger charge is 2.20. The summed E-state index contributed by atoms with van der Waals surface area (Å²) in [6.45, 7) is 2.53. The quantitative estimate of drug-likeness (QED) is 0.564. The molecule has 0 saturated heterocycles. The lowest BCUT2D eigenvalue weighted by Gasteiger charge is -2.10. The maximum atomic E-state index is 12.9. The van der Waals surface area contributed by atoms with Gasteiger partial charge in [0.05, 0.1) is 0 Å². The summed E-state index contributed by atoms with van der Waals surface area (Å²) >= 11 is 0. The van der Waals surface area contributed by atoms with Crippen molar-refractivity contribution in [3.8, 4) is 11.4 Å². The number of aryl methyl sites for hydroxylation is 2. The number of rotatable bonds is 3. The molecule has 0 bridgehead atoms. The molecule has 0 fully saturated rings. The summed E-state index contributed by atoms with van der Waals surface area (Å²) in [6.07, 6.45) is 0. The van der Waals surface area contributed by atoms with E-state index < -0.39 is 0 Å². The lowest BCUT2D eigenvalue weighted by molar-refractivity contribution is 0.702. The van der Waals surface area contributed by atoms with Gasteiger partial charge in [0.15, 0.2) is 11.2 Å². The summed E-state index contributed by atoms with van der Waals surface area (Å²) in [5, 5.41) is 0. The van der Waals surface area contributed by atoms with Crippen LogP contribution in [0, 0.1) is 6.92 Å². The molecule has 2 aromatic heterocycles. The Labute approximate surface area is 156 Å². The maximum Gasteiger partial charge on any atom is 0.332 e. The van der Waals surface area contributed by atoms with E-state index in [0.717, 1.165) is 15.7 Å². The molecule has 0 aliphatic carbocycles. The van der Waals surface area contributed by atoms with Crippen molar-refractivity contribution in [3.05, 3.63) is 86.6 Å². The van der Waals surface area contributed by atoms with E-state index in [1.165, 1.54) is 17.2 Å². The Balaban J connectivity index is 2.05. The number of aromatic nitrogens is 4. The van der Waals surface area contributed by atoms with Gasteiger partial charge in [-0.3, -0.25) is 13.9 Å². The second-order valence-electron chi connectivity index (χ2n) is 6.75. The fraction of sp³-hybridized carbons (Fsp3) is 0.190. The third-order valence-corrected chi connectivity index (χ3v) is 4.84. The van der Waals surface area contributed by atoms with Gasteiger partial charge in [0, 0.05) is 26.2 Å². The number of fused-ring (bicyclic) bond motifs is 1. The first-order valence-corrected chi connectivity index (χ1v) is 8.74. The molecule has 4 rings (SSSR count). The van der Waals surface area contributed by atoms with Crippen molar-refractivity contribution in [1.82, 2.24) is 18.7 Å². The molecule has 0 radical (unpaired) electrons. The van der Waals surface area contributed by atoms with Crippen molar-refractivity contribution in [1.29, 1.82) is 0 Å². The third kappa shape index (κ3) is 2.79. The Morgan fingerprint density at radius 1 is 0.889 bits per heavy atom. The number of imidazole rings is 1. The van der Waals surface area contributed by atoms with Crippen LogP contribution in [0.4, 0.5) is 0 Å². The van der Waals surface area contributed by atoms with E-state index in [1.54, 1.807) is 7.05 Å². The first-order chi connectivity index (χ1) is 13.0. The molecule has 0 aliphatic heterocycles. The Morgan fingerprint density at radius 2 is 1.56 bits per heavy atom. The zero-order valence-electron chi connectivity index (χ0n) is 15.5. The fourth-order valence-electron chi connectivity index (χ4n) is 3.28. The normalized spacial score (nSPS) is 11.2. The van der Waals surface area contributed by atoms with Crippen LogP contribution in [0.1, 0.15) is 11.1 Å². The molecule has 0 amide bonds. The van der Waals surface area contributed by atoms with Crippen LogP contribution in [0.15, 0.2) is 64.2 Å². The summed E-state index contributed by atoms with van der Waals surface area (Å²) in [6, 6.07) is 17.9. The van der Waals surface area contributed by atoms with Crippen molar-refractivity contribution >= 4 is 11.2 Å². The van der Waals surface area contributed by atoms with Gasteiger partial charge in [0.2, 0.25) is 0 Å². The predicted molar refractivity (Wildman–Crippen MR) is 106 cm³/mol. The topological polar surface area (TPSA) is 61.8 Å². The molecule has 2 heterocycles. The summed E-state index contributed by atoms with van der Waals surface area (Å²) in [7, 11) is 3.14. The van der Waals surface area contributed by atoms with Crippen LogP contribution in [0.25, 0.3) is 22.6 Å². The largest absolute Gasteiger partial charge is 0.332 e. The molecule has 0 unspecified atom stereocenters. The van der Waals surface area contributed by atoms with Crippen molar-refractivity contribution in [2.45, 2.75) is 13.5 Å². The summed E-state index contributed by atoms with van der Waals surface area (Å²) in [4.78, 5) is 29.9. The van der Waals surface area contributed by atoms with Gasteiger partial charge in [0.1, 0.15) is 5.82 Å². The summed E-state index contributed by atoms with van der Waals surface area (Å²) in [5.74, 6) is 0.671. The Kier molecular flexibility index (Phi) is 4.03. The van der Waals surface area contributed by atoms with Gasteiger partial charge in [-0.25, -0.2) is 9.78 Å². The van der Waals surface area contributed by atoms with Crippen LogP contribution in [0.5, 0.6) is 0 Å². The molecule has 0 atom stereocenters. The lowest BCUT2D eigenvalue weighted by Crippen LogP contribution is -2.37. The molecule has 4 aromatic rings. The fourth-order valence-corrected chi connectivity index (χ4v) is 3.28. The van der Waals surface area contributed by atoms with Gasteiger partial charge in [0.25, 0.3) is 5.56 Å². The van der Waals surface area contributed by atoms with Gasteiger partial charge in [-0.1, -0.05) is 60.2 Å². The Bertz CT molecular complexity index is 1250. The highest BCUT2D eigenvalue weighted by Crippen LogP contribution is 2.23. The van der Waals surface area contributed by atoms with Crippen molar-refractivity contribution in [3.63, 3.8) is 0 Å². The number of nitrogens with zero attached hydrogens (tertiary/aromatic N) is 4. The third-order valence-electron chi connectivity index (χ3n) is 4.84. The number of hydrogen-bond acceptors (Lipinski definition) is 3. The van der Waals surface area contributed by atoms with Gasteiger partial charge in [-0.05, 0) is 12.5 Å². The van der Waals surface area contributed by atoms with Gasteiger partial charge < -0.3 is 4.57 Å². The minimum Gasteiger partial charge on any atom is -0.314 e. The van der Waals surface area contributed by atoms with Crippen LogP contribution in [0.3, 0.4) is 0 Å². The second-order valence-corrected chi connectivity index (χ2v) is 6.75. The molecule has 6 heteroatoms. The van der Waals surface area contributed by atoms with E-state index in [0.29, 0.717) is 23.5 Å². The number of benzene rings is 2. The smallest absolute Gasteiger partial charge is 0.314 e. The highest BCUT2D eigenvalue weighted by molar-refractivity contribution is 5.77. The zero-order chi connectivity index (χ0) is 19.1. The lowest BCUT2D eigenvalue weighted by atomic mass is 10.1. The van der Waals surface area contributed by atoms with Crippen LogP contribution in [-0.4, -0.2) is 18.7 Å². The zero-order valence-corrected chi connectivity index (χ0v) is 15.5. The molecule has 2 aromatic carbocycles. The molecule has 6 nitrogen and oxygen atoms in total. The average molecular weight is 360 g/mol. The number of hydrogen-bond donors (Lipinski definition) is 0. The van der Waals surface area contributed by atoms with E-state index >= 15 is 0 Å². The first-order valence-electron chi connectivity index (χ1n) is 8.74. The van der Waals surface area contributed by atoms with Gasteiger partial charge >= 0.3 is 5.69 Å². The van der Waals surface area contributed by atoms with Crippen LogP contribution >= 0.6 is 0 Å². The van der Waals surface area contributed by atoms with Gasteiger partial charge in [-0.2, -0.15) is 0 Å². The highest BCUT2D eigenvalue weighted by atomic mass is 16.2. The standard InChI is InChI=1S/C21H20N4O2/c1-14-9-11-15(12-10-14)13-25-17-19(23(2)21(27)24(3)20(17)26)22-18(25)16-7-5-4-6-8-16/h4-12H,13H2,1-3H3. The van der Waals surface area contributed by atoms with E-state index in [4.69, 9.17) is 0 Å². The van der Waals surface area contributed by atoms with Crippen molar-refractivity contribution < 1.29 is 0 Å². The Morgan fingerprint density at radius 3 is 2.22 bits per heavy atom. The minimum atomic E-state index is -0.382. The molecule has 0 saturated carbocycles.